The Morgan fingerprint density at radius 2 is 1.70 bits per heavy atom. The number of ether oxygens (including phenoxy) is 1. The van der Waals surface area contributed by atoms with Crippen molar-refractivity contribution in [2.75, 3.05) is 18.5 Å². The first-order chi connectivity index (χ1) is 14.7. The molecule has 2 N–H and O–H groups in total. The number of hydrogen-bond acceptors (Lipinski definition) is 7. The van der Waals surface area contributed by atoms with Gasteiger partial charge in [-0.3, -0.25) is 0 Å². The van der Waals surface area contributed by atoms with Crippen molar-refractivity contribution in [3.8, 4) is 0 Å². The monoisotopic (exact) mass is 409 g/mol. The first-order valence-corrected chi connectivity index (χ1v) is 11.3. The third-order valence-corrected chi connectivity index (χ3v) is 6.51. The molecule has 0 unspecified atom stereocenters. The van der Waals surface area contributed by atoms with Gasteiger partial charge in [0.1, 0.15) is 0 Å². The van der Waals surface area contributed by atoms with Crippen molar-refractivity contribution in [1.29, 1.82) is 0 Å². The van der Waals surface area contributed by atoms with E-state index in [1.54, 1.807) is 0 Å². The maximum absolute atomic E-state index is 5.54. The van der Waals surface area contributed by atoms with E-state index in [0.29, 0.717) is 24.1 Å². The fraction of sp³-hybridized carbons (Fsp3) is 0.609. The zero-order valence-corrected chi connectivity index (χ0v) is 17.9. The lowest BCUT2D eigenvalue weighted by Crippen LogP contribution is -2.44. The summed E-state index contributed by atoms with van der Waals surface area (Å²) in [6.07, 6.45) is 8.83. The van der Waals surface area contributed by atoms with Crippen LogP contribution < -0.4 is 10.6 Å². The Balaban J connectivity index is 1.28. The molecule has 0 amide bonds. The lowest BCUT2D eigenvalue weighted by atomic mass is 9.90. The van der Waals surface area contributed by atoms with Crippen molar-refractivity contribution in [3.63, 3.8) is 0 Å². The van der Waals surface area contributed by atoms with Gasteiger partial charge >= 0.3 is 0 Å². The summed E-state index contributed by atoms with van der Waals surface area (Å²) >= 11 is 0. The van der Waals surface area contributed by atoms with Crippen LogP contribution in [0.4, 0.5) is 5.95 Å². The van der Waals surface area contributed by atoms with Gasteiger partial charge in [0, 0.05) is 42.9 Å². The Morgan fingerprint density at radius 3 is 2.47 bits per heavy atom. The molecule has 2 aromatic heterocycles. The molecule has 160 valence electrons. The first-order valence-electron chi connectivity index (χ1n) is 11.3. The average Bonchev–Trinajstić information content (AvgIpc) is 3.21. The Labute approximate surface area is 177 Å². The topological polar surface area (TPSA) is 85.1 Å². The lowest BCUT2D eigenvalue weighted by Gasteiger charge is -2.33. The molecule has 7 nitrogen and oxygen atoms in total. The van der Waals surface area contributed by atoms with Crippen LogP contribution in [0.25, 0.3) is 21.9 Å². The number of fused-ring (bicyclic) bond motifs is 3. The summed E-state index contributed by atoms with van der Waals surface area (Å²) in [5.41, 5.74) is 2.67. The predicted octanol–water partition coefficient (Wildman–Crippen LogP) is 4.39. The molecule has 30 heavy (non-hydrogen) atoms. The summed E-state index contributed by atoms with van der Waals surface area (Å²) in [4.78, 5) is 9.45. The van der Waals surface area contributed by atoms with Gasteiger partial charge in [-0.15, -0.1) is 0 Å². The molecule has 0 spiro atoms. The maximum atomic E-state index is 5.54. The predicted molar refractivity (Wildman–Crippen MR) is 118 cm³/mol. The third-order valence-electron chi connectivity index (χ3n) is 6.51. The molecule has 5 rings (SSSR count). The Bertz CT molecular complexity index is 1000. The standard InChI is InChI=1S/C23H31N5O2/c1-14(2)21-20-19(30-28-21)8-3-15-13-24-23(27-22(15)20)26-17-6-4-16(5-7-17)25-18-9-11-29-12-10-18/h3,8,13-14,16-18,25H,4-7,9-12H2,1-2H3,(H,24,26,27). The molecule has 1 saturated heterocycles. The lowest BCUT2D eigenvalue weighted by molar-refractivity contribution is 0.0730. The number of anilines is 1. The minimum atomic E-state index is 0.279. The van der Waals surface area contributed by atoms with E-state index in [0.717, 1.165) is 66.5 Å². The van der Waals surface area contributed by atoms with Gasteiger partial charge in [-0.2, -0.15) is 0 Å². The van der Waals surface area contributed by atoms with Crippen LogP contribution in [-0.2, 0) is 4.74 Å². The quantitative estimate of drug-likeness (QED) is 0.646. The molecule has 0 atom stereocenters. The SMILES string of the molecule is CC(C)c1noc2ccc3cnc(NC4CCC(NC5CCOCC5)CC4)nc3c12. The van der Waals surface area contributed by atoms with Crippen LogP contribution in [-0.4, -0.2) is 46.5 Å². The minimum Gasteiger partial charge on any atom is -0.381 e. The summed E-state index contributed by atoms with van der Waals surface area (Å²) in [6, 6.07) is 5.62. The number of nitrogens with zero attached hydrogens (tertiary/aromatic N) is 3. The fourth-order valence-electron chi connectivity index (χ4n) is 4.79. The summed E-state index contributed by atoms with van der Waals surface area (Å²) in [7, 11) is 0. The molecule has 3 heterocycles. The van der Waals surface area contributed by atoms with Crippen molar-refractivity contribution in [1.82, 2.24) is 20.4 Å². The molecule has 7 heteroatoms. The maximum Gasteiger partial charge on any atom is 0.223 e. The highest BCUT2D eigenvalue weighted by molar-refractivity contribution is 6.04. The van der Waals surface area contributed by atoms with Crippen LogP contribution >= 0.6 is 0 Å². The van der Waals surface area contributed by atoms with Gasteiger partial charge < -0.3 is 19.9 Å². The van der Waals surface area contributed by atoms with Crippen molar-refractivity contribution in [3.05, 3.63) is 24.0 Å². The van der Waals surface area contributed by atoms with E-state index in [-0.39, 0.29) is 5.92 Å². The molecule has 1 aliphatic carbocycles. The summed E-state index contributed by atoms with van der Waals surface area (Å²) in [6.45, 7) is 6.05. The van der Waals surface area contributed by atoms with E-state index in [2.05, 4.69) is 34.6 Å². The van der Waals surface area contributed by atoms with Crippen molar-refractivity contribution >= 4 is 27.8 Å². The van der Waals surface area contributed by atoms with Crippen LogP contribution in [0.2, 0.25) is 0 Å². The Morgan fingerprint density at radius 1 is 0.967 bits per heavy atom. The van der Waals surface area contributed by atoms with Crippen LogP contribution in [0.5, 0.6) is 0 Å². The van der Waals surface area contributed by atoms with Gasteiger partial charge in [0.2, 0.25) is 5.95 Å². The molecular weight excluding hydrogens is 378 g/mol. The third kappa shape index (κ3) is 4.01. The van der Waals surface area contributed by atoms with Gasteiger partial charge in [-0.25, -0.2) is 9.97 Å². The normalized spacial score (nSPS) is 23.4. The summed E-state index contributed by atoms with van der Waals surface area (Å²) in [5.74, 6) is 0.980. The van der Waals surface area contributed by atoms with Gasteiger partial charge in [0.05, 0.1) is 16.6 Å². The van der Waals surface area contributed by atoms with Gasteiger partial charge in [-0.05, 0) is 56.6 Å². The molecule has 3 aromatic rings. The van der Waals surface area contributed by atoms with Gasteiger partial charge in [0.15, 0.2) is 5.58 Å². The summed E-state index contributed by atoms with van der Waals surface area (Å²) < 4.78 is 11.0. The molecule has 1 aliphatic heterocycles. The second kappa shape index (κ2) is 8.47. The van der Waals surface area contributed by atoms with E-state index >= 15 is 0 Å². The van der Waals surface area contributed by atoms with Crippen molar-refractivity contribution in [2.45, 2.75) is 76.4 Å². The van der Waals surface area contributed by atoms with Crippen LogP contribution in [0.15, 0.2) is 22.9 Å². The number of nitrogens with one attached hydrogen (secondary N) is 2. The van der Waals surface area contributed by atoms with Gasteiger partial charge in [0.25, 0.3) is 0 Å². The van der Waals surface area contributed by atoms with Crippen LogP contribution in [0, 0.1) is 0 Å². The molecular formula is C23H31N5O2. The molecule has 2 aliphatic rings. The molecule has 1 saturated carbocycles. The second-order valence-electron chi connectivity index (χ2n) is 9.04. The largest absolute Gasteiger partial charge is 0.381 e. The van der Waals surface area contributed by atoms with Crippen LogP contribution in [0.3, 0.4) is 0 Å². The minimum absolute atomic E-state index is 0.279. The number of aromatic nitrogens is 3. The average molecular weight is 410 g/mol. The number of rotatable bonds is 5. The highest BCUT2D eigenvalue weighted by atomic mass is 16.5. The van der Waals surface area contributed by atoms with Crippen molar-refractivity contribution < 1.29 is 9.26 Å². The zero-order valence-electron chi connectivity index (χ0n) is 17.9. The highest BCUT2D eigenvalue weighted by Gasteiger charge is 2.25. The second-order valence-corrected chi connectivity index (χ2v) is 9.04. The number of hydrogen-bond donors (Lipinski definition) is 2. The van der Waals surface area contributed by atoms with Crippen LogP contribution in [0.1, 0.15) is 64.0 Å². The Hall–Kier alpha value is -2.25. The zero-order chi connectivity index (χ0) is 20.5. The molecule has 0 bridgehead atoms. The Kier molecular flexibility index (Phi) is 5.56. The van der Waals surface area contributed by atoms with E-state index in [1.165, 1.54) is 12.8 Å². The molecule has 0 radical (unpaired) electrons. The smallest absolute Gasteiger partial charge is 0.223 e. The van der Waals surface area contributed by atoms with E-state index in [4.69, 9.17) is 14.2 Å². The fourth-order valence-corrected chi connectivity index (χ4v) is 4.79. The first kappa shape index (κ1) is 19.7. The molecule has 1 aromatic carbocycles. The van der Waals surface area contributed by atoms with E-state index < -0.39 is 0 Å². The number of benzene rings is 1. The van der Waals surface area contributed by atoms with E-state index in [9.17, 15) is 0 Å². The highest BCUT2D eigenvalue weighted by Crippen LogP contribution is 2.31. The van der Waals surface area contributed by atoms with E-state index in [1.807, 2.05) is 18.3 Å². The van der Waals surface area contributed by atoms with Gasteiger partial charge in [-0.1, -0.05) is 19.0 Å². The summed E-state index contributed by atoms with van der Waals surface area (Å²) in [5, 5.41) is 13.7. The molecule has 2 fully saturated rings. The van der Waals surface area contributed by atoms with Crippen molar-refractivity contribution in [2.24, 2.45) is 0 Å².